The van der Waals surface area contributed by atoms with E-state index in [9.17, 15) is 10.2 Å². The second kappa shape index (κ2) is 61.2. The van der Waals surface area contributed by atoms with Crippen molar-refractivity contribution in [2.45, 2.75) is 432 Å². The molecule has 0 amide bonds. The Morgan fingerprint density at radius 3 is 0.596 bits per heavy atom. The summed E-state index contributed by atoms with van der Waals surface area (Å²) in [5, 5.41) is 23.7. The molecule has 89 heavy (non-hydrogen) atoms. The van der Waals surface area contributed by atoms with E-state index in [0.717, 1.165) is 38.5 Å². The van der Waals surface area contributed by atoms with Gasteiger partial charge in [-0.1, -0.05) is 333 Å². The molecular formula is C87H152O2. The molecule has 0 aliphatic carbocycles. The van der Waals surface area contributed by atoms with Crippen LogP contribution in [0.1, 0.15) is 434 Å². The van der Waals surface area contributed by atoms with E-state index < -0.39 is 0 Å². The second-order valence-electron chi connectivity index (χ2n) is 28.6. The molecule has 0 aromatic heterocycles. The highest BCUT2D eigenvalue weighted by Gasteiger charge is 2.31. The van der Waals surface area contributed by atoms with E-state index in [1.165, 1.54) is 380 Å². The molecule has 0 atom stereocenters. The van der Waals surface area contributed by atoms with E-state index in [4.69, 9.17) is 0 Å². The Bertz CT molecular complexity index is 1840. The topological polar surface area (TPSA) is 40.5 Å². The summed E-state index contributed by atoms with van der Waals surface area (Å²) in [4.78, 5) is 0. The van der Waals surface area contributed by atoms with Gasteiger partial charge in [0.05, 0.1) is 0 Å². The van der Waals surface area contributed by atoms with Gasteiger partial charge in [0.15, 0.2) is 0 Å². The third kappa shape index (κ3) is 44.3. The van der Waals surface area contributed by atoms with Crippen molar-refractivity contribution in [3.05, 3.63) is 106 Å². The largest absolute Gasteiger partial charge is 0.508 e. The molecule has 0 radical (unpaired) electrons. The van der Waals surface area contributed by atoms with Gasteiger partial charge in [0.2, 0.25) is 0 Å². The van der Waals surface area contributed by atoms with Crippen molar-refractivity contribution >= 4 is 0 Å². The highest BCUT2D eigenvalue weighted by atomic mass is 16.3. The van der Waals surface area contributed by atoms with Gasteiger partial charge in [-0.05, 0) is 200 Å². The van der Waals surface area contributed by atoms with E-state index in [1.54, 1.807) is 0 Å². The molecule has 2 N–H and O–H groups in total. The van der Waals surface area contributed by atoms with Gasteiger partial charge in [-0.3, -0.25) is 0 Å². The lowest BCUT2D eigenvalue weighted by Crippen LogP contribution is -2.24. The van der Waals surface area contributed by atoms with Gasteiger partial charge in [0.25, 0.3) is 0 Å². The summed E-state index contributed by atoms with van der Waals surface area (Å²) in [7, 11) is 0. The number of rotatable bonds is 66. The number of aromatic hydroxyl groups is 2. The van der Waals surface area contributed by atoms with E-state index >= 15 is 0 Å². The zero-order chi connectivity index (χ0) is 64.0. The standard InChI is InChI=1S/C87H152O2/c1-7-11-15-19-23-27-31-35-39-43-47-51-55-59-63-67-71-79-81(73-69-65-61-57-53-49-45-41-37-33-29-25-21-17-13-9-3)85(88)77-75-83(79)87(5,6)84-76-78-86(89)82(74-70-66-62-58-54-50-46-42-38-34-30-26-22-18-14-10-4)80(84)72-68-64-60-56-52-48-44-40-36-32-28-24-20-16-12-8-2/h35-42,75-78,88-89H,7-34,43-74H2,1-6H3/b39-35-,40-36-,41-37-,42-38-. The summed E-state index contributed by atoms with van der Waals surface area (Å²) in [6, 6.07) is 8.72. The van der Waals surface area contributed by atoms with Crippen LogP contribution in [0.4, 0.5) is 0 Å². The number of unbranched alkanes of at least 4 members (excludes halogenated alkanes) is 48. The predicted molar refractivity (Wildman–Crippen MR) is 401 cm³/mol. The van der Waals surface area contributed by atoms with Crippen LogP contribution < -0.4 is 0 Å². The van der Waals surface area contributed by atoms with Crippen LogP contribution in [0.3, 0.4) is 0 Å². The van der Waals surface area contributed by atoms with Crippen LogP contribution in [0.5, 0.6) is 11.5 Å². The van der Waals surface area contributed by atoms with Gasteiger partial charge < -0.3 is 10.2 Å². The third-order valence-electron chi connectivity index (χ3n) is 19.9. The Morgan fingerprint density at radius 2 is 0.393 bits per heavy atom. The number of benzene rings is 2. The fourth-order valence-corrected chi connectivity index (χ4v) is 14.0. The lowest BCUT2D eigenvalue weighted by Gasteiger charge is -2.33. The Hall–Kier alpha value is -3.00. The van der Waals surface area contributed by atoms with Gasteiger partial charge in [-0.2, -0.15) is 0 Å². The minimum absolute atomic E-state index is 0.271. The molecule has 0 aliphatic heterocycles. The average molecular weight is 1230 g/mol. The maximum Gasteiger partial charge on any atom is 0.119 e. The molecule has 2 aromatic carbocycles. The first kappa shape index (κ1) is 82.1. The zero-order valence-electron chi connectivity index (χ0n) is 60.7. The van der Waals surface area contributed by atoms with Crippen molar-refractivity contribution in [2.75, 3.05) is 0 Å². The van der Waals surface area contributed by atoms with Gasteiger partial charge in [-0.25, -0.2) is 0 Å². The lowest BCUT2D eigenvalue weighted by atomic mass is 9.70. The van der Waals surface area contributed by atoms with E-state index in [1.807, 2.05) is 0 Å². The molecule has 2 heteroatoms. The Kier molecular flexibility index (Phi) is 56.4. The minimum atomic E-state index is -0.271. The quantitative estimate of drug-likeness (QED) is 0.0512. The van der Waals surface area contributed by atoms with Crippen molar-refractivity contribution in [2.24, 2.45) is 0 Å². The molecular weight excluding hydrogens is 1080 g/mol. The molecule has 0 unspecified atom stereocenters. The van der Waals surface area contributed by atoms with Crippen LogP contribution >= 0.6 is 0 Å². The molecule has 2 nitrogen and oxygen atoms in total. The Morgan fingerprint density at radius 1 is 0.225 bits per heavy atom. The van der Waals surface area contributed by atoms with Gasteiger partial charge in [0, 0.05) is 5.41 Å². The summed E-state index contributed by atoms with van der Waals surface area (Å²) >= 11 is 0. The Labute approximate surface area is 557 Å². The summed E-state index contributed by atoms with van der Waals surface area (Å²) in [6.07, 6.45) is 97.1. The molecule has 0 bridgehead atoms. The van der Waals surface area contributed by atoms with Crippen LogP contribution in [0.25, 0.3) is 0 Å². The molecule has 0 aliphatic rings. The van der Waals surface area contributed by atoms with E-state index in [2.05, 4.69) is 114 Å². The van der Waals surface area contributed by atoms with E-state index in [0.29, 0.717) is 11.5 Å². The van der Waals surface area contributed by atoms with Crippen LogP contribution in [0.2, 0.25) is 0 Å². The predicted octanol–water partition coefficient (Wildman–Crippen LogP) is 29.7. The van der Waals surface area contributed by atoms with Gasteiger partial charge in [0.1, 0.15) is 11.5 Å². The molecule has 0 fully saturated rings. The SMILES string of the molecule is CCCCCCCC/C=C\CCCCCCCCc1c(O)ccc(C(C)(C)c2ccc(O)c(CCCCCCCC/C=C\CCCCCCCC)c2CCCCCCCC/C=C\CCCCCCCC)c1CCCCCCCC/C=C\CCCCCCCC. The van der Waals surface area contributed by atoms with Gasteiger partial charge >= 0.3 is 0 Å². The van der Waals surface area contributed by atoms with E-state index in [-0.39, 0.29) is 5.41 Å². The van der Waals surface area contributed by atoms with Crippen molar-refractivity contribution in [3.8, 4) is 11.5 Å². The third-order valence-corrected chi connectivity index (χ3v) is 19.9. The molecule has 0 heterocycles. The number of phenolic OH excluding ortho intramolecular Hbond substituents is 2. The summed E-state index contributed by atoms with van der Waals surface area (Å²) < 4.78 is 0. The van der Waals surface area contributed by atoms with Crippen LogP contribution in [-0.2, 0) is 31.1 Å². The highest BCUT2D eigenvalue weighted by Crippen LogP contribution is 2.43. The second-order valence-corrected chi connectivity index (χ2v) is 28.6. The van der Waals surface area contributed by atoms with Crippen molar-refractivity contribution in [3.63, 3.8) is 0 Å². The number of allylic oxidation sites excluding steroid dienone is 8. The van der Waals surface area contributed by atoms with Crippen LogP contribution in [0.15, 0.2) is 72.9 Å². The lowest BCUT2D eigenvalue weighted by molar-refractivity contribution is 0.460. The maximum atomic E-state index is 11.9. The van der Waals surface area contributed by atoms with Gasteiger partial charge in [-0.15, -0.1) is 0 Å². The number of hydrogen-bond donors (Lipinski definition) is 2. The van der Waals surface area contributed by atoms with Crippen molar-refractivity contribution < 1.29 is 10.2 Å². The monoisotopic (exact) mass is 1230 g/mol. The first-order valence-electron chi connectivity index (χ1n) is 40.1. The zero-order valence-corrected chi connectivity index (χ0v) is 60.7. The summed E-state index contributed by atoms with van der Waals surface area (Å²) in [6.45, 7) is 14.2. The molecule has 0 spiro atoms. The van der Waals surface area contributed by atoms with Crippen molar-refractivity contribution in [1.29, 1.82) is 0 Å². The summed E-state index contributed by atoms with van der Waals surface area (Å²) in [5.74, 6) is 1.01. The molecule has 2 aromatic rings. The Balaban J connectivity index is 2.21. The van der Waals surface area contributed by atoms with Crippen molar-refractivity contribution in [1.82, 2.24) is 0 Å². The first-order valence-corrected chi connectivity index (χ1v) is 40.1. The number of hydrogen-bond acceptors (Lipinski definition) is 2. The average Bonchev–Trinajstić information content (AvgIpc) is 0.875. The summed E-state index contributed by atoms with van der Waals surface area (Å²) in [5.41, 5.74) is 7.81. The molecule has 0 saturated heterocycles. The number of phenols is 2. The van der Waals surface area contributed by atoms with Crippen LogP contribution in [0, 0.1) is 0 Å². The fourth-order valence-electron chi connectivity index (χ4n) is 14.0. The molecule has 2 rings (SSSR count). The highest BCUT2D eigenvalue weighted by molar-refractivity contribution is 5.55. The minimum Gasteiger partial charge on any atom is -0.508 e. The first-order chi connectivity index (χ1) is 43.8. The normalized spacial score (nSPS) is 12.3. The maximum absolute atomic E-state index is 11.9. The fraction of sp³-hybridized carbons (Fsp3) is 0.770. The smallest absolute Gasteiger partial charge is 0.119 e. The molecule has 0 saturated carbocycles. The van der Waals surface area contributed by atoms with Crippen LogP contribution in [-0.4, -0.2) is 10.2 Å². The molecule has 512 valence electrons.